The Bertz CT molecular complexity index is 1400. The molecule has 0 bridgehead atoms. The molecule has 2 N–H and O–H groups in total. The number of carbonyl (C=O) groups is 1. The Morgan fingerprint density at radius 3 is 2.88 bits per heavy atom. The average Bonchev–Trinajstić information content (AvgIpc) is 3.43. The SMILES string of the molecule is CCC(C)(C)BC(=O)N1CC=C(c2cc3c(Nc4ccc5c(cnn5C)c4)ccnc3[nH]2)CC1. The van der Waals surface area contributed by atoms with Crippen molar-refractivity contribution in [1.29, 1.82) is 0 Å². The van der Waals surface area contributed by atoms with Crippen molar-refractivity contribution < 1.29 is 4.79 Å². The van der Waals surface area contributed by atoms with Gasteiger partial charge in [0, 0.05) is 48.5 Å². The van der Waals surface area contributed by atoms with Crippen LogP contribution in [0.15, 0.2) is 48.8 Å². The summed E-state index contributed by atoms with van der Waals surface area (Å²) in [5.74, 6) is 0.248. The van der Waals surface area contributed by atoms with E-state index in [2.05, 4.69) is 71.5 Å². The molecule has 0 spiro atoms. The third kappa shape index (κ3) is 4.32. The molecule has 0 fully saturated rings. The minimum Gasteiger partial charge on any atom is -0.355 e. The monoisotopic (exact) mass is 454 g/mol. The van der Waals surface area contributed by atoms with Crippen molar-refractivity contribution >= 4 is 52.0 Å². The number of nitrogens with one attached hydrogen (secondary N) is 2. The number of amides is 1. The van der Waals surface area contributed by atoms with Crippen LogP contribution in [0.2, 0.25) is 5.31 Å². The minimum atomic E-state index is 0.0505. The topological polar surface area (TPSA) is 78.8 Å². The summed E-state index contributed by atoms with van der Waals surface area (Å²) in [7, 11) is 2.55. The van der Waals surface area contributed by atoms with E-state index < -0.39 is 0 Å². The maximum Gasteiger partial charge on any atom is 0.239 e. The van der Waals surface area contributed by atoms with Gasteiger partial charge in [-0.15, -0.1) is 0 Å². The Hall–Kier alpha value is -3.55. The van der Waals surface area contributed by atoms with Gasteiger partial charge < -0.3 is 15.2 Å². The van der Waals surface area contributed by atoms with E-state index in [1.807, 2.05) is 35.1 Å². The van der Waals surface area contributed by atoms with Gasteiger partial charge in [-0.1, -0.05) is 33.3 Å². The fraction of sp³-hybridized carbons (Fsp3) is 0.346. The van der Waals surface area contributed by atoms with Crippen molar-refractivity contribution in [1.82, 2.24) is 24.6 Å². The number of hydrogen-bond acceptors (Lipinski definition) is 4. The molecule has 174 valence electrons. The fourth-order valence-corrected chi connectivity index (χ4v) is 4.49. The van der Waals surface area contributed by atoms with Gasteiger partial charge in [0.2, 0.25) is 7.28 Å². The predicted molar refractivity (Wildman–Crippen MR) is 141 cm³/mol. The summed E-state index contributed by atoms with van der Waals surface area (Å²) >= 11 is 0. The second-order valence-corrected chi connectivity index (χ2v) is 9.98. The van der Waals surface area contributed by atoms with Gasteiger partial charge >= 0.3 is 0 Å². The van der Waals surface area contributed by atoms with E-state index in [-0.39, 0.29) is 11.1 Å². The van der Waals surface area contributed by atoms with E-state index in [1.165, 1.54) is 5.57 Å². The lowest BCUT2D eigenvalue weighted by atomic mass is 9.52. The summed E-state index contributed by atoms with van der Waals surface area (Å²) in [5, 5.41) is 10.1. The molecule has 1 aromatic carbocycles. The highest BCUT2D eigenvalue weighted by atomic mass is 16.2. The number of aromatic nitrogens is 4. The number of hydrogen-bond donors (Lipinski definition) is 2. The standard InChI is InChI=1S/C26H31BN6O/c1-5-26(2,3)27-25(34)33-12-9-17(10-13-33)22-15-20-21(8-11-28-24(20)31-22)30-19-6-7-23-18(14-19)16-29-32(23)4/h6-9,11,14-16,27H,5,10,12-13H2,1-4H3,(H2,28,30,31). The molecule has 0 unspecified atom stereocenters. The van der Waals surface area contributed by atoms with E-state index in [9.17, 15) is 4.79 Å². The number of aromatic amines is 1. The third-order valence-electron chi connectivity index (χ3n) is 7.05. The number of aryl methyl sites for hydroxylation is 1. The molecule has 5 rings (SSSR count). The summed E-state index contributed by atoms with van der Waals surface area (Å²) in [6.07, 6.45) is 7.71. The van der Waals surface area contributed by atoms with Crippen LogP contribution in [-0.2, 0) is 7.05 Å². The van der Waals surface area contributed by atoms with E-state index in [0.29, 0.717) is 13.8 Å². The molecule has 0 radical (unpaired) electrons. The van der Waals surface area contributed by atoms with Gasteiger partial charge in [0.1, 0.15) is 5.65 Å². The Labute approximate surface area is 200 Å². The van der Waals surface area contributed by atoms with E-state index in [4.69, 9.17) is 0 Å². The van der Waals surface area contributed by atoms with Gasteiger partial charge in [0.15, 0.2) is 5.81 Å². The van der Waals surface area contributed by atoms with Crippen molar-refractivity contribution in [2.24, 2.45) is 7.05 Å². The zero-order valence-electron chi connectivity index (χ0n) is 20.4. The number of anilines is 2. The first kappa shape index (κ1) is 22.3. The largest absolute Gasteiger partial charge is 0.355 e. The van der Waals surface area contributed by atoms with Crippen LogP contribution in [0.5, 0.6) is 0 Å². The van der Waals surface area contributed by atoms with Crippen LogP contribution >= 0.6 is 0 Å². The van der Waals surface area contributed by atoms with Crippen LogP contribution in [0.1, 0.15) is 39.3 Å². The van der Waals surface area contributed by atoms with Crippen LogP contribution in [0.25, 0.3) is 27.5 Å². The second-order valence-electron chi connectivity index (χ2n) is 9.98. The smallest absolute Gasteiger partial charge is 0.239 e. The number of carbonyl (C=O) groups excluding carboxylic acids is 1. The quantitative estimate of drug-likeness (QED) is 0.380. The van der Waals surface area contributed by atoms with E-state index >= 15 is 0 Å². The number of nitrogens with zero attached hydrogens (tertiary/aromatic N) is 4. The van der Waals surface area contributed by atoms with Crippen molar-refractivity contribution in [2.75, 3.05) is 18.4 Å². The summed E-state index contributed by atoms with van der Waals surface area (Å²) < 4.78 is 1.87. The number of rotatable bonds is 6. The van der Waals surface area contributed by atoms with Gasteiger partial charge in [-0.05, 0) is 47.6 Å². The molecule has 1 aliphatic rings. The first-order valence-electron chi connectivity index (χ1n) is 12.0. The van der Waals surface area contributed by atoms with Crippen molar-refractivity contribution in [3.63, 3.8) is 0 Å². The zero-order valence-corrected chi connectivity index (χ0v) is 20.4. The fourth-order valence-electron chi connectivity index (χ4n) is 4.49. The summed E-state index contributed by atoms with van der Waals surface area (Å²) in [4.78, 5) is 22.7. The molecule has 4 heterocycles. The second kappa shape index (κ2) is 8.67. The molecule has 34 heavy (non-hydrogen) atoms. The Morgan fingerprint density at radius 1 is 1.26 bits per heavy atom. The lowest BCUT2D eigenvalue weighted by molar-refractivity contribution is 0.225. The van der Waals surface area contributed by atoms with Crippen LogP contribution < -0.4 is 5.32 Å². The Kier molecular flexibility index (Phi) is 5.67. The molecule has 4 aromatic rings. The third-order valence-corrected chi connectivity index (χ3v) is 7.05. The molecular weight excluding hydrogens is 423 g/mol. The minimum absolute atomic E-state index is 0.0505. The molecule has 3 aromatic heterocycles. The molecular formula is C26H31BN6O. The first-order valence-corrected chi connectivity index (χ1v) is 12.0. The lowest BCUT2D eigenvalue weighted by Crippen LogP contribution is -2.39. The Balaban J connectivity index is 1.35. The number of fused-ring (bicyclic) bond motifs is 2. The summed E-state index contributed by atoms with van der Waals surface area (Å²) in [6, 6.07) is 10.4. The summed E-state index contributed by atoms with van der Waals surface area (Å²) in [5.41, 5.74) is 6.28. The average molecular weight is 454 g/mol. The molecule has 7 nitrogen and oxygen atoms in total. The van der Waals surface area contributed by atoms with Gasteiger partial charge in [-0.3, -0.25) is 9.48 Å². The Morgan fingerprint density at radius 2 is 2.12 bits per heavy atom. The predicted octanol–water partition coefficient (Wildman–Crippen LogP) is 5.45. The number of pyridine rings is 1. The van der Waals surface area contributed by atoms with Crippen LogP contribution in [0, 0.1) is 0 Å². The molecule has 1 aliphatic heterocycles. The van der Waals surface area contributed by atoms with Crippen LogP contribution in [0.4, 0.5) is 16.2 Å². The van der Waals surface area contributed by atoms with Crippen molar-refractivity contribution in [3.8, 4) is 0 Å². The van der Waals surface area contributed by atoms with Gasteiger partial charge in [-0.2, -0.15) is 5.10 Å². The van der Waals surface area contributed by atoms with Crippen LogP contribution in [-0.4, -0.2) is 50.8 Å². The molecule has 0 atom stereocenters. The highest BCUT2D eigenvalue weighted by molar-refractivity contribution is 6.75. The lowest BCUT2D eigenvalue weighted by Gasteiger charge is -2.30. The molecule has 1 amide bonds. The van der Waals surface area contributed by atoms with Crippen LogP contribution in [0.3, 0.4) is 0 Å². The first-order chi connectivity index (χ1) is 16.3. The molecule has 0 saturated heterocycles. The van der Waals surface area contributed by atoms with Gasteiger partial charge in [0.05, 0.1) is 17.4 Å². The normalized spacial score (nSPS) is 14.5. The zero-order chi connectivity index (χ0) is 23.9. The molecule has 0 saturated carbocycles. The summed E-state index contributed by atoms with van der Waals surface area (Å²) in [6.45, 7) is 7.88. The highest BCUT2D eigenvalue weighted by Crippen LogP contribution is 2.32. The van der Waals surface area contributed by atoms with E-state index in [0.717, 1.165) is 58.4 Å². The van der Waals surface area contributed by atoms with Gasteiger partial charge in [-0.25, -0.2) is 4.98 Å². The maximum atomic E-state index is 12.7. The number of H-pyrrole nitrogens is 1. The van der Waals surface area contributed by atoms with Crippen molar-refractivity contribution in [2.45, 2.75) is 38.9 Å². The molecule has 8 heteroatoms. The van der Waals surface area contributed by atoms with Gasteiger partial charge in [0.25, 0.3) is 0 Å². The van der Waals surface area contributed by atoms with E-state index in [1.54, 1.807) is 0 Å². The number of benzene rings is 1. The van der Waals surface area contributed by atoms with Crippen molar-refractivity contribution in [3.05, 3.63) is 54.5 Å². The highest BCUT2D eigenvalue weighted by Gasteiger charge is 2.27. The maximum absolute atomic E-state index is 12.7. The molecule has 0 aliphatic carbocycles.